The Balaban J connectivity index is 2.45. The molecule has 0 radical (unpaired) electrons. The molecule has 19 heavy (non-hydrogen) atoms. The summed E-state index contributed by atoms with van der Waals surface area (Å²) in [6.07, 6.45) is -0.450. The van der Waals surface area contributed by atoms with Crippen LogP contribution in [0.5, 0.6) is 0 Å². The van der Waals surface area contributed by atoms with Gasteiger partial charge in [-0.05, 0) is 5.56 Å². The zero-order chi connectivity index (χ0) is 14.3. The number of hydrogen-bond donors (Lipinski definition) is 4. The summed E-state index contributed by atoms with van der Waals surface area (Å²) in [7, 11) is 0. The smallest absolute Gasteiger partial charge is 0.326 e. The minimum Gasteiger partial charge on any atom is -0.480 e. The monoisotopic (exact) mass is 265 g/mol. The molecule has 7 heteroatoms. The molecule has 1 rings (SSSR count). The molecule has 0 spiro atoms. The van der Waals surface area contributed by atoms with Gasteiger partial charge in [0.2, 0.25) is 5.91 Å². The van der Waals surface area contributed by atoms with Gasteiger partial charge in [0, 0.05) is 6.54 Å². The predicted octanol–water partition coefficient (Wildman–Crippen LogP) is -0.186. The number of benzene rings is 1. The third-order valence-electron chi connectivity index (χ3n) is 2.30. The van der Waals surface area contributed by atoms with Crippen molar-refractivity contribution in [2.75, 3.05) is 0 Å². The summed E-state index contributed by atoms with van der Waals surface area (Å²) in [5.74, 6) is -2.11. The number of nitrogens with one attached hydrogen (secondary N) is 2. The lowest BCUT2D eigenvalue weighted by atomic mass is 10.2. The van der Waals surface area contributed by atoms with Crippen molar-refractivity contribution in [1.29, 1.82) is 0 Å². The maximum Gasteiger partial charge on any atom is 0.326 e. The van der Waals surface area contributed by atoms with Crippen molar-refractivity contribution in [2.24, 2.45) is 5.73 Å². The van der Waals surface area contributed by atoms with E-state index in [0.29, 0.717) is 0 Å². The van der Waals surface area contributed by atoms with Crippen LogP contribution >= 0.6 is 0 Å². The summed E-state index contributed by atoms with van der Waals surface area (Å²) in [5.41, 5.74) is 5.77. The number of amides is 3. The first kappa shape index (κ1) is 14.5. The molecule has 1 aromatic carbocycles. The molecule has 1 atom stereocenters. The van der Waals surface area contributed by atoms with E-state index >= 15 is 0 Å². The summed E-state index contributed by atoms with van der Waals surface area (Å²) in [6, 6.07) is 7.13. The van der Waals surface area contributed by atoms with Gasteiger partial charge in [-0.15, -0.1) is 0 Å². The molecule has 0 fully saturated rings. The maximum absolute atomic E-state index is 11.5. The highest BCUT2D eigenvalue weighted by atomic mass is 16.4. The van der Waals surface area contributed by atoms with E-state index in [1.54, 1.807) is 0 Å². The van der Waals surface area contributed by atoms with Gasteiger partial charge in [-0.1, -0.05) is 30.3 Å². The van der Waals surface area contributed by atoms with Gasteiger partial charge in [0.05, 0.1) is 6.42 Å². The first-order valence-electron chi connectivity index (χ1n) is 5.58. The average molecular weight is 265 g/mol. The van der Waals surface area contributed by atoms with Gasteiger partial charge in [-0.3, -0.25) is 4.79 Å². The van der Waals surface area contributed by atoms with Gasteiger partial charge in [-0.2, -0.15) is 0 Å². The Morgan fingerprint density at radius 3 is 2.37 bits per heavy atom. The second-order valence-corrected chi connectivity index (χ2v) is 3.87. The lowest BCUT2D eigenvalue weighted by Crippen LogP contribution is -2.47. The predicted molar refractivity (Wildman–Crippen MR) is 67.0 cm³/mol. The van der Waals surface area contributed by atoms with E-state index in [1.807, 2.05) is 30.3 Å². The number of primary amides is 1. The molecule has 1 aromatic rings. The van der Waals surface area contributed by atoms with Crippen molar-refractivity contribution < 1.29 is 19.5 Å². The highest BCUT2D eigenvalue weighted by Gasteiger charge is 2.21. The van der Waals surface area contributed by atoms with E-state index in [0.717, 1.165) is 5.56 Å². The minimum absolute atomic E-state index is 0.260. The zero-order valence-corrected chi connectivity index (χ0v) is 10.1. The van der Waals surface area contributed by atoms with Crippen LogP contribution < -0.4 is 16.4 Å². The van der Waals surface area contributed by atoms with Gasteiger partial charge < -0.3 is 21.5 Å². The van der Waals surface area contributed by atoms with E-state index in [2.05, 4.69) is 10.6 Å². The van der Waals surface area contributed by atoms with Gasteiger partial charge in [0.15, 0.2) is 0 Å². The molecular formula is C12H15N3O4. The van der Waals surface area contributed by atoms with E-state index < -0.39 is 30.4 Å². The van der Waals surface area contributed by atoms with Crippen molar-refractivity contribution in [3.05, 3.63) is 35.9 Å². The van der Waals surface area contributed by atoms with Gasteiger partial charge >= 0.3 is 12.0 Å². The van der Waals surface area contributed by atoms with Crippen LogP contribution in [0.3, 0.4) is 0 Å². The van der Waals surface area contributed by atoms with Crippen LogP contribution in [0.2, 0.25) is 0 Å². The Labute approximate surface area is 109 Å². The number of carboxylic acid groups (broad SMARTS) is 1. The molecule has 0 aliphatic heterocycles. The van der Waals surface area contributed by atoms with Crippen molar-refractivity contribution in [2.45, 2.75) is 19.0 Å². The fourth-order valence-corrected chi connectivity index (χ4v) is 1.39. The molecule has 0 aliphatic carbocycles. The lowest BCUT2D eigenvalue weighted by molar-refractivity contribution is -0.140. The van der Waals surface area contributed by atoms with Crippen LogP contribution in [0, 0.1) is 0 Å². The maximum atomic E-state index is 11.5. The zero-order valence-electron chi connectivity index (χ0n) is 10.1. The second-order valence-electron chi connectivity index (χ2n) is 3.87. The largest absolute Gasteiger partial charge is 0.480 e. The molecule has 7 nitrogen and oxygen atoms in total. The molecular weight excluding hydrogens is 250 g/mol. The number of carboxylic acids is 1. The van der Waals surface area contributed by atoms with Crippen LogP contribution in [-0.4, -0.2) is 29.1 Å². The SMILES string of the molecule is NC(=O)C[C@H](NC(=O)NCc1ccccc1)C(=O)O. The quantitative estimate of drug-likeness (QED) is 0.569. The highest BCUT2D eigenvalue weighted by molar-refractivity contribution is 5.87. The number of nitrogens with two attached hydrogens (primary N) is 1. The van der Waals surface area contributed by atoms with Crippen molar-refractivity contribution >= 4 is 17.9 Å². The van der Waals surface area contributed by atoms with Crippen molar-refractivity contribution in [1.82, 2.24) is 10.6 Å². The van der Waals surface area contributed by atoms with E-state index in [-0.39, 0.29) is 6.54 Å². The Bertz CT molecular complexity index is 461. The van der Waals surface area contributed by atoms with Gasteiger partial charge in [-0.25, -0.2) is 9.59 Å². The molecule has 102 valence electrons. The van der Waals surface area contributed by atoms with Crippen LogP contribution in [0.15, 0.2) is 30.3 Å². The van der Waals surface area contributed by atoms with E-state index in [9.17, 15) is 14.4 Å². The molecule has 0 saturated carbocycles. The average Bonchev–Trinajstić information content (AvgIpc) is 2.36. The van der Waals surface area contributed by atoms with E-state index in [1.165, 1.54) is 0 Å². The highest BCUT2D eigenvalue weighted by Crippen LogP contribution is 1.97. The summed E-state index contributed by atoms with van der Waals surface area (Å²) in [4.78, 5) is 32.9. The van der Waals surface area contributed by atoms with E-state index in [4.69, 9.17) is 10.8 Å². The normalized spacial score (nSPS) is 11.4. The van der Waals surface area contributed by atoms with Crippen molar-refractivity contribution in [3.63, 3.8) is 0 Å². The number of carbonyl (C=O) groups is 3. The molecule has 0 saturated heterocycles. The summed E-state index contributed by atoms with van der Waals surface area (Å²) >= 11 is 0. The number of carbonyl (C=O) groups excluding carboxylic acids is 2. The van der Waals surface area contributed by atoms with Crippen LogP contribution in [0.25, 0.3) is 0 Å². The Hall–Kier alpha value is -2.57. The number of aliphatic carboxylic acids is 1. The van der Waals surface area contributed by atoms with Crippen LogP contribution in [-0.2, 0) is 16.1 Å². The number of hydrogen-bond acceptors (Lipinski definition) is 3. The summed E-state index contributed by atoms with van der Waals surface area (Å²) < 4.78 is 0. The summed E-state index contributed by atoms with van der Waals surface area (Å²) in [5, 5.41) is 13.5. The number of rotatable bonds is 6. The molecule has 0 aromatic heterocycles. The Morgan fingerprint density at radius 1 is 1.21 bits per heavy atom. The third-order valence-corrected chi connectivity index (χ3v) is 2.30. The molecule has 0 aliphatic rings. The van der Waals surface area contributed by atoms with Crippen LogP contribution in [0.4, 0.5) is 4.79 Å². The molecule has 0 heterocycles. The fraction of sp³-hybridized carbons (Fsp3) is 0.250. The minimum atomic E-state index is -1.33. The molecule has 0 unspecified atom stereocenters. The molecule has 0 bridgehead atoms. The first-order valence-corrected chi connectivity index (χ1v) is 5.58. The lowest BCUT2D eigenvalue weighted by Gasteiger charge is -2.13. The van der Waals surface area contributed by atoms with Gasteiger partial charge in [0.25, 0.3) is 0 Å². The fourth-order valence-electron chi connectivity index (χ4n) is 1.39. The summed E-state index contributed by atoms with van der Waals surface area (Å²) in [6.45, 7) is 0.260. The first-order chi connectivity index (χ1) is 8.99. The molecule has 5 N–H and O–H groups in total. The van der Waals surface area contributed by atoms with Crippen LogP contribution in [0.1, 0.15) is 12.0 Å². The Morgan fingerprint density at radius 2 is 1.84 bits per heavy atom. The second kappa shape index (κ2) is 7.00. The number of urea groups is 1. The van der Waals surface area contributed by atoms with Gasteiger partial charge in [0.1, 0.15) is 6.04 Å². The third kappa shape index (κ3) is 5.53. The Kier molecular flexibility index (Phi) is 5.34. The van der Waals surface area contributed by atoms with Crippen molar-refractivity contribution in [3.8, 4) is 0 Å². The topological polar surface area (TPSA) is 122 Å². The molecule has 3 amide bonds. The standard InChI is InChI=1S/C12H15N3O4/c13-10(16)6-9(11(17)18)15-12(19)14-7-8-4-2-1-3-5-8/h1-5,9H,6-7H2,(H2,13,16)(H,17,18)(H2,14,15,19)/t9-/m0/s1.